The maximum Gasteiger partial charge on any atom is 0.223 e. The fraction of sp³-hybridized carbons (Fsp3) is 0.529. The number of nitrogens with one attached hydrogen (secondary N) is 2. The molecule has 1 atom stereocenters. The van der Waals surface area contributed by atoms with Gasteiger partial charge in [-0.1, -0.05) is 18.2 Å². The second-order valence-corrected chi connectivity index (χ2v) is 6.64. The number of aromatic amines is 1. The van der Waals surface area contributed by atoms with Crippen LogP contribution in [-0.4, -0.2) is 39.2 Å². The number of carbonyl (C=O) groups excluding carboxylic acids is 1. The lowest BCUT2D eigenvalue weighted by Crippen LogP contribution is -2.37. The maximum atomic E-state index is 12.4. The molecule has 0 radical (unpaired) electrons. The van der Waals surface area contributed by atoms with E-state index in [1.54, 1.807) is 0 Å². The number of hydrogen-bond acceptors (Lipinski definition) is 5. The van der Waals surface area contributed by atoms with Crippen molar-refractivity contribution < 1.29 is 9.53 Å². The summed E-state index contributed by atoms with van der Waals surface area (Å²) >= 11 is 0. The van der Waals surface area contributed by atoms with Crippen LogP contribution in [-0.2, 0) is 15.1 Å². The predicted octanol–water partition coefficient (Wildman–Crippen LogP) is 1.93. The van der Waals surface area contributed by atoms with Crippen molar-refractivity contribution in [2.24, 2.45) is 0 Å². The third-order valence-electron chi connectivity index (χ3n) is 4.83. The number of ether oxygens (including phenoxy) is 1. The maximum absolute atomic E-state index is 12.4. The summed E-state index contributed by atoms with van der Waals surface area (Å²) < 4.78 is 5.67. The van der Waals surface area contributed by atoms with Crippen molar-refractivity contribution in [2.45, 2.75) is 50.2 Å². The Morgan fingerprint density at radius 1 is 1.38 bits per heavy atom. The Morgan fingerprint density at radius 2 is 2.29 bits per heavy atom. The van der Waals surface area contributed by atoms with E-state index < -0.39 is 0 Å². The van der Waals surface area contributed by atoms with Crippen molar-refractivity contribution in [2.75, 3.05) is 6.61 Å². The number of benzene rings is 1. The molecule has 7 heteroatoms. The average molecular weight is 327 g/mol. The van der Waals surface area contributed by atoms with Gasteiger partial charge in [0, 0.05) is 12.2 Å². The first-order chi connectivity index (χ1) is 11.8. The van der Waals surface area contributed by atoms with Gasteiger partial charge in [0.25, 0.3) is 0 Å². The highest BCUT2D eigenvalue weighted by Crippen LogP contribution is 2.46. The highest BCUT2D eigenvalue weighted by atomic mass is 16.5. The number of nitrogens with zero attached hydrogens (tertiary/aromatic N) is 3. The lowest BCUT2D eigenvalue weighted by atomic mass is 10.0. The van der Waals surface area contributed by atoms with Gasteiger partial charge in [0.05, 0.1) is 18.1 Å². The number of rotatable bonds is 5. The normalized spacial score (nSPS) is 22.1. The first-order valence-electron chi connectivity index (χ1n) is 8.52. The summed E-state index contributed by atoms with van der Waals surface area (Å²) in [7, 11) is 0. The molecular formula is C17H21N5O2. The molecule has 7 nitrogen and oxygen atoms in total. The minimum absolute atomic E-state index is 0.0696. The Balaban J connectivity index is 1.45. The Kier molecular flexibility index (Phi) is 4.02. The number of tetrazole rings is 1. The van der Waals surface area contributed by atoms with E-state index in [-0.39, 0.29) is 17.6 Å². The molecule has 1 saturated heterocycles. The van der Waals surface area contributed by atoms with Crippen LogP contribution in [0.1, 0.15) is 44.1 Å². The summed E-state index contributed by atoms with van der Waals surface area (Å²) in [6.45, 7) is 0.774. The molecule has 2 aliphatic rings. The Bertz CT molecular complexity index is 706. The summed E-state index contributed by atoms with van der Waals surface area (Å²) in [5.74, 6) is 0.638. The van der Waals surface area contributed by atoms with E-state index in [4.69, 9.17) is 4.74 Å². The largest absolute Gasteiger partial charge is 0.378 e. The minimum atomic E-state index is -0.245. The molecule has 1 saturated carbocycles. The molecule has 2 fully saturated rings. The predicted molar refractivity (Wildman–Crippen MR) is 86.9 cm³/mol. The molecule has 0 spiro atoms. The number of aromatic nitrogens is 4. The van der Waals surface area contributed by atoms with Gasteiger partial charge < -0.3 is 10.1 Å². The Morgan fingerprint density at radius 3 is 3.00 bits per heavy atom. The Hall–Kier alpha value is -2.28. The van der Waals surface area contributed by atoms with E-state index >= 15 is 0 Å². The number of carbonyl (C=O) groups is 1. The number of hydrogen-bond donors (Lipinski definition) is 2. The summed E-state index contributed by atoms with van der Waals surface area (Å²) in [5, 5.41) is 17.3. The molecule has 2 N–H and O–H groups in total. The van der Waals surface area contributed by atoms with Crippen LogP contribution in [0.5, 0.6) is 0 Å². The zero-order valence-corrected chi connectivity index (χ0v) is 13.5. The molecule has 2 heterocycles. The first kappa shape index (κ1) is 15.3. The zero-order valence-electron chi connectivity index (χ0n) is 13.5. The lowest BCUT2D eigenvalue weighted by Gasteiger charge is -2.24. The van der Waals surface area contributed by atoms with E-state index in [2.05, 4.69) is 25.9 Å². The molecule has 4 rings (SSSR count). The van der Waals surface area contributed by atoms with Crippen molar-refractivity contribution in [1.82, 2.24) is 25.9 Å². The molecule has 1 unspecified atom stereocenters. The summed E-state index contributed by atoms with van der Waals surface area (Å²) in [6, 6.07) is 8.00. The van der Waals surface area contributed by atoms with Crippen LogP contribution in [0, 0.1) is 0 Å². The lowest BCUT2D eigenvalue weighted by molar-refractivity contribution is -0.125. The van der Waals surface area contributed by atoms with Crippen LogP contribution in [0.4, 0.5) is 0 Å². The van der Waals surface area contributed by atoms with E-state index in [0.29, 0.717) is 12.2 Å². The van der Waals surface area contributed by atoms with Crippen LogP contribution in [0.15, 0.2) is 24.3 Å². The molecule has 126 valence electrons. The third kappa shape index (κ3) is 3.17. The molecule has 1 aromatic heterocycles. The SMILES string of the molecule is O=C(CC1CCCCO1)NC1(c2cccc(-c3nn[nH]n3)c2)CC1. The van der Waals surface area contributed by atoms with E-state index in [1.165, 1.54) is 0 Å². The van der Waals surface area contributed by atoms with Gasteiger partial charge in [-0.3, -0.25) is 4.79 Å². The van der Waals surface area contributed by atoms with E-state index in [9.17, 15) is 4.79 Å². The molecule has 1 aliphatic heterocycles. The van der Waals surface area contributed by atoms with E-state index in [1.807, 2.05) is 24.3 Å². The molecule has 2 aromatic rings. The minimum Gasteiger partial charge on any atom is -0.378 e. The molecule has 0 bridgehead atoms. The fourth-order valence-corrected chi connectivity index (χ4v) is 3.34. The van der Waals surface area contributed by atoms with Crippen molar-refractivity contribution >= 4 is 5.91 Å². The third-order valence-corrected chi connectivity index (χ3v) is 4.83. The van der Waals surface area contributed by atoms with Crippen molar-refractivity contribution in [3.63, 3.8) is 0 Å². The Labute approximate surface area is 140 Å². The summed E-state index contributed by atoms with van der Waals surface area (Å²) in [6.07, 6.45) is 5.67. The number of H-pyrrole nitrogens is 1. The van der Waals surface area contributed by atoms with Crippen LogP contribution in [0.2, 0.25) is 0 Å². The topological polar surface area (TPSA) is 92.8 Å². The fourth-order valence-electron chi connectivity index (χ4n) is 3.34. The van der Waals surface area contributed by atoms with Crippen LogP contribution in [0.3, 0.4) is 0 Å². The average Bonchev–Trinajstić information content (AvgIpc) is 3.18. The highest BCUT2D eigenvalue weighted by molar-refractivity contribution is 5.78. The second kappa shape index (κ2) is 6.32. The van der Waals surface area contributed by atoms with Crippen molar-refractivity contribution in [3.8, 4) is 11.4 Å². The summed E-state index contributed by atoms with van der Waals surface area (Å²) in [5.41, 5.74) is 1.76. The van der Waals surface area contributed by atoms with Gasteiger partial charge >= 0.3 is 0 Å². The van der Waals surface area contributed by atoms with Gasteiger partial charge in [-0.05, 0) is 48.9 Å². The smallest absolute Gasteiger partial charge is 0.223 e. The monoisotopic (exact) mass is 327 g/mol. The van der Waals surface area contributed by atoms with Crippen LogP contribution in [0.25, 0.3) is 11.4 Å². The van der Waals surface area contributed by atoms with E-state index in [0.717, 1.165) is 49.8 Å². The van der Waals surface area contributed by atoms with Gasteiger partial charge in [-0.2, -0.15) is 5.21 Å². The second-order valence-electron chi connectivity index (χ2n) is 6.64. The van der Waals surface area contributed by atoms with Crippen molar-refractivity contribution in [3.05, 3.63) is 29.8 Å². The van der Waals surface area contributed by atoms with Crippen LogP contribution >= 0.6 is 0 Å². The molecular weight excluding hydrogens is 306 g/mol. The number of amides is 1. The molecule has 24 heavy (non-hydrogen) atoms. The van der Waals surface area contributed by atoms with Gasteiger partial charge in [-0.15, -0.1) is 10.2 Å². The van der Waals surface area contributed by atoms with Gasteiger partial charge in [0.1, 0.15) is 0 Å². The highest BCUT2D eigenvalue weighted by Gasteiger charge is 2.45. The molecule has 1 aliphatic carbocycles. The summed E-state index contributed by atoms with van der Waals surface area (Å²) in [4.78, 5) is 12.4. The van der Waals surface area contributed by atoms with Crippen molar-refractivity contribution in [1.29, 1.82) is 0 Å². The van der Waals surface area contributed by atoms with Gasteiger partial charge in [0.15, 0.2) is 0 Å². The van der Waals surface area contributed by atoms with Gasteiger partial charge in [0.2, 0.25) is 11.7 Å². The van der Waals surface area contributed by atoms with Crippen LogP contribution < -0.4 is 5.32 Å². The first-order valence-corrected chi connectivity index (χ1v) is 8.52. The zero-order chi connectivity index (χ0) is 16.4. The van der Waals surface area contributed by atoms with Gasteiger partial charge in [-0.25, -0.2) is 0 Å². The standard InChI is InChI=1S/C17H21N5O2/c23-15(11-14-6-1-2-9-24-14)18-17(7-8-17)13-5-3-4-12(10-13)16-19-21-22-20-16/h3-5,10,14H,1-2,6-9,11H2,(H,18,23)(H,19,20,21,22). The molecule has 1 amide bonds. The molecule has 1 aromatic carbocycles. The quantitative estimate of drug-likeness (QED) is 0.875.